The molecule has 0 spiro atoms. The lowest BCUT2D eigenvalue weighted by atomic mass is 9.82. The van der Waals surface area contributed by atoms with Crippen molar-refractivity contribution in [3.05, 3.63) is 90.1 Å². The number of fused-ring (bicyclic) bond motifs is 2. The zero-order chi connectivity index (χ0) is 23.2. The van der Waals surface area contributed by atoms with E-state index in [1.165, 1.54) is 21.9 Å². The van der Waals surface area contributed by atoms with Gasteiger partial charge in [0.1, 0.15) is 11.3 Å². The highest BCUT2D eigenvalue weighted by Gasteiger charge is 2.19. The second-order valence-electron chi connectivity index (χ2n) is 10.5. The second kappa shape index (κ2) is 8.19. The van der Waals surface area contributed by atoms with Crippen molar-refractivity contribution in [1.82, 2.24) is 4.98 Å². The average Bonchev–Trinajstić information content (AvgIpc) is 3.21. The largest absolute Gasteiger partial charge is 0.456 e. The van der Waals surface area contributed by atoms with E-state index in [2.05, 4.69) is 101 Å². The molecular weight excluding hydrogens is 402 g/mol. The summed E-state index contributed by atoms with van der Waals surface area (Å²) in [5.74, 6) is 1.52. The lowest BCUT2D eigenvalue weighted by Crippen LogP contribution is -2.12. The van der Waals surface area contributed by atoms with E-state index in [9.17, 15) is 0 Å². The van der Waals surface area contributed by atoms with Crippen molar-refractivity contribution in [2.75, 3.05) is 0 Å². The molecule has 0 saturated heterocycles. The summed E-state index contributed by atoms with van der Waals surface area (Å²) in [6.45, 7) is 11.3. The fraction of sp³-hybridized carbons (Fsp3) is 0.258. The summed E-state index contributed by atoms with van der Waals surface area (Å²) in [7, 11) is 0. The van der Waals surface area contributed by atoms with Crippen LogP contribution in [0.4, 0.5) is 0 Å². The molecule has 0 atom stereocenters. The first-order valence-electron chi connectivity index (χ1n) is 11.8. The molecule has 166 valence electrons. The summed E-state index contributed by atoms with van der Waals surface area (Å²) in [5.41, 5.74) is 6.80. The quantitative estimate of drug-likeness (QED) is 0.283. The van der Waals surface area contributed by atoms with Crippen LogP contribution in [-0.4, -0.2) is 4.98 Å². The lowest BCUT2D eigenvalue weighted by molar-refractivity contribution is 0.596. The first-order valence-corrected chi connectivity index (χ1v) is 11.8. The molecular formula is C31H31NO. The van der Waals surface area contributed by atoms with Gasteiger partial charge in [-0.15, -0.1) is 0 Å². The highest BCUT2D eigenvalue weighted by molar-refractivity contribution is 5.91. The molecule has 0 bridgehead atoms. The molecule has 2 heterocycles. The van der Waals surface area contributed by atoms with Crippen LogP contribution in [0.25, 0.3) is 44.3 Å². The number of aromatic nitrogens is 1. The summed E-state index contributed by atoms with van der Waals surface area (Å²) in [5, 5.41) is 3.70. The number of furan rings is 1. The van der Waals surface area contributed by atoms with Crippen LogP contribution in [0.15, 0.2) is 83.4 Å². The van der Waals surface area contributed by atoms with E-state index >= 15 is 0 Å². The van der Waals surface area contributed by atoms with E-state index in [0.717, 1.165) is 40.0 Å². The number of benzene rings is 3. The van der Waals surface area contributed by atoms with Crippen LogP contribution in [0.2, 0.25) is 0 Å². The molecule has 5 rings (SSSR count). The number of pyridine rings is 1. The van der Waals surface area contributed by atoms with Crippen molar-refractivity contribution in [3.8, 4) is 22.6 Å². The van der Waals surface area contributed by atoms with Gasteiger partial charge in [0.2, 0.25) is 0 Å². The van der Waals surface area contributed by atoms with E-state index in [1.54, 1.807) is 0 Å². The van der Waals surface area contributed by atoms with E-state index in [-0.39, 0.29) is 5.41 Å². The second-order valence-corrected chi connectivity index (χ2v) is 10.5. The summed E-state index contributed by atoms with van der Waals surface area (Å²) >= 11 is 0. The lowest BCUT2D eigenvalue weighted by Gasteiger charge is -2.22. The van der Waals surface area contributed by atoms with Gasteiger partial charge in [-0.2, -0.15) is 0 Å². The smallest absolute Gasteiger partial charge is 0.135 e. The normalized spacial score (nSPS) is 12.2. The van der Waals surface area contributed by atoms with Gasteiger partial charge in [-0.25, -0.2) is 0 Å². The van der Waals surface area contributed by atoms with Gasteiger partial charge in [0.25, 0.3) is 0 Å². The summed E-state index contributed by atoms with van der Waals surface area (Å²) in [6, 6.07) is 26.0. The molecule has 2 nitrogen and oxygen atoms in total. The number of hydrogen-bond acceptors (Lipinski definition) is 2. The Morgan fingerprint density at radius 2 is 1.64 bits per heavy atom. The molecule has 33 heavy (non-hydrogen) atoms. The Hall–Kier alpha value is -3.39. The Bertz CT molecular complexity index is 1450. The molecule has 2 heteroatoms. The van der Waals surface area contributed by atoms with Gasteiger partial charge in [-0.1, -0.05) is 65.0 Å². The number of rotatable bonds is 4. The van der Waals surface area contributed by atoms with Crippen molar-refractivity contribution >= 4 is 21.7 Å². The zero-order valence-corrected chi connectivity index (χ0v) is 20.1. The zero-order valence-electron chi connectivity index (χ0n) is 20.1. The Kier molecular flexibility index (Phi) is 5.32. The molecule has 0 fully saturated rings. The van der Waals surface area contributed by atoms with Crippen LogP contribution < -0.4 is 0 Å². The first-order chi connectivity index (χ1) is 15.8. The molecule has 0 saturated carbocycles. The maximum absolute atomic E-state index is 6.23. The average molecular weight is 434 g/mol. The molecule has 0 unspecified atom stereocenters. The van der Waals surface area contributed by atoms with Gasteiger partial charge in [-0.3, -0.25) is 4.98 Å². The minimum absolute atomic E-state index is 0.0413. The van der Waals surface area contributed by atoms with Crippen LogP contribution in [0.3, 0.4) is 0 Å². The van der Waals surface area contributed by atoms with Crippen LogP contribution in [0.5, 0.6) is 0 Å². The van der Waals surface area contributed by atoms with Crippen LogP contribution in [0.1, 0.15) is 45.7 Å². The molecule has 0 radical (unpaired) electrons. The summed E-state index contributed by atoms with van der Waals surface area (Å²) in [4.78, 5) is 4.72. The van der Waals surface area contributed by atoms with E-state index in [1.807, 2.05) is 12.3 Å². The Morgan fingerprint density at radius 1 is 0.818 bits per heavy atom. The molecule has 5 aromatic rings. The maximum Gasteiger partial charge on any atom is 0.135 e. The minimum Gasteiger partial charge on any atom is -0.456 e. The van der Waals surface area contributed by atoms with Crippen LogP contribution >= 0.6 is 0 Å². The predicted octanol–water partition coefficient (Wildman–Crippen LogP) is 8.81. The van der Waals surface area contributed by atoms with E-state index in [4.69, 9.17) is 9.40 Å². The van der Waals surface area contributed by atoms with Crippen molar-refractivity contribution in [2.24, 2.45) is 5.92 Å². The minimum atomic E-state index is 0.0413. The standard InChI is InChI=1S/C31H31NO/c1-20(2)14-21-10-11-29-25(15-21)19-30(33-29)23-12-13-32-28(18-23)24-16-22-8-6-7-9-26(22)27(17-24)31(3,4)5/h6-13,15-20H,14H2,1-5H3. The fourth-order valence-corrected chi connectivity index (χ4v) is 4.65. The van der Waals surface area contributed by atoms with Gasteiger partial charge < -0.3 is 4.42 Å². The van der Waals surface area contributed by atoms with Crippen molar-refractivity contribution in [2.45, 2.75) is 46.5 Å². The Balaban J connectivity index is 1.58. The molecule has 3 aromatic carbocycles. The molecule has 0 N–H and O–H groups in total. The van der Waals surface area contributed by atoms with Gasteiger partial charge in [0, 0.05) is 22.7 Å². The molecule has 0 aliphatic rings. The maximum atomic E-state index is 6.23. The summed E-state index contributed by atoms with van der Waals surface area (Å²) < 4.78 is 6.23. The molecule has 0 aliphatic heterocycles. The van der Waals surface area contributed by atoms with Gasteiger partial charge >= 0.3 is 0 Å². The molecule has 0 aliphatic carbocycles. The third-order valence-electron chi connectivity index (χ3n) is 6.23. The van der Waals surface area contributed by atoms with E-state index < -0.39 is 0 Å². The van der Waals surface area contributed by atoms with Crippen molar-refractivity contribution < 1.29 is 4.42 Å². The third kappa shape index (κ3) is 4.30. The predicted molar refractivity (Wildman–Crippen MR) is 140 cm³/mol. The number of nitrogens with zero attached hydrogens (tertiary/aromatic N) is 1. The summed E-state index contributed by atoms with van der Waals surface area (Å²) in [6.07, 6.45) is 2.96. The SMILES string of the molecule is CC(C)Cc1ccc2oc(-c3ccnc(-c4cc(C(C)(C)C)c5ccccc5c4)c3)cc2c1. The Labute approximate surface area is 196 Å². The topological polar surface area (TPSA) is 26.0 Å². The van der Waals surface area contributed by atoms with Crippen molar-refractivity contribution in [1.29, 1.82) is 0 Å². The van der Waals surface area contributed by atoms with Crippen molar-refractivity contribution in [3.63, 3.8) is 0 Å². The van der Waals surface area contributed by atoms with Crippen LogP contribution in [-0.2, 0) is 11.8 Å². The van der Waals surface area contributed by atoms with Crippen LogP contribution in [0, 0.1) is 5.92 Å². The van der Waals surface area contributed by atoms with Gasteiger partial charge in [0.05, 0.1) is 5.69 Å². The first kappa shape index (κ1) is 21.5. The number of hydrogen-bond donors (Lipinski definition) is 0. The van der Waals surface area contributed by atoms with Gasteiger partial charge in [-0.05, 0) is 82.1 Å². The highest BCUT2D eigenvalue weighted by atomic mass is 16.3. The molecule has 0 amide bonds. The van der Waals surface area contributed by atoms with E-state index in [0.29, 0.717) is 5.92 Å². The molecule has 2 aromatic heterocycles. The van der Waals surface area contributed by atoms with Gasteiger partial charge in [0.15, 0.2) is 0 Å². The Morgan fingerprint density at radius 3 is 2.42 bits per heavy atom. The highest BCUT2D eigenvalue weighted by Crippen LogP contribution is 2.36. The third-order valence-corrected chi connectivity index (χ3v) is 6.23. The monoisotopic (exact) mass is 433 g/mol. The fourth-order valence-electron chi connectivity index (χ4n) is 4.65.